The lowest BCUT2D eigenvalue weighted by atomic mass is 9.93. The van der Waals surface area contributed by atoms with Gasteiger partial charge < -0.3 is 14.6 Å². The molecule has 1 unspecified atom stereocenters. The number of H-pyrrole nitrogens is 1. The molecule has 4 rings (SSSR count). The number of likely N-dealkylation sites (N-methyl/N-ethyl adjacent to an activating group) is 1. The average Bonchev–Trinajstić information content (AvgIpc) is 3.12. The highest BCUT2D eigenvalue weighted by Crippen LogP contribution is 2.38. The third-order valence-corrected chi connectivity index (χ3v) is 6.47. The summed E-state index contributed by atoms with van der Waals surface area (Å²) < 4.78 is 5.49. The quantitative estimate of drug-likeness (QED) is 0.455. The van der Waals surface area contributed by atoms with Gasteiger partial charge in [0.25, 0.3) is 0 Å². The van der Waals surface area contributed by atoms with E-state index < -0.39 is 0 Å². The summed E-state index contributed by atoms with van der Waals surface area (Å²) >= 11 is 0. The van der Waals surface area contributed by atoms with Gasteiger partial charge in [0.2, 0.25) is 0 Å². The van der Waals surface area contributed by atoms with E-state index in [0.717, 1.165) is 36.3 Å². The van der Waals surface area contributed by atoms with Gasteiger partial charge in [-0.05, 0) is 74.6 Å². The van der Waals surface area contributed by atoms with Gasteiger partial charge in [0.15, 0.2) is 0 Å². The maximum Gasteiger partial charge on any atom is 0.119 e. The van der Waals surface area contributed by atoms with Gasteiger partial charge in [-0.2, -0.15) is 0 Å². The van der Waals surface area contributed by atoms with E-state index >= 15 is 0 Å². The first-order valence-corrected chi connectivity index (χ1v) is 10.6. The highest BCUT2D eigenvalue weighted by atomic mass is 16.5. The molecular formula is C25H31N3O. The molecule has 1 N–H and O–H groups in total. The smallest absolute Gasteiger partial charge is 0.119 e. The lowest BCUT2D eigenvalue weighted by Gasteiger charge is -2.27. The van der Waals surface area contributed by atoms with Crippen LogP contribution in [0.25, 0.3) is 32.6 Å². The van der Waals surface area contributed by atoms with Crippen LogP contribution in [-0.4, -0.2) is 41.1 Å². The Kier molecular flexibility index (Phi) is 5.22. The van der Waals surface area contributed by atoms with E-state index in [1.54, 1.807) is 7.11 Å². The highest BCUT2D eigenvalue weighted by molar-refractivity contribution is 6.17. The predicted molar refractivity (Wildman–Crippen MR) is 123 cm³/mol. The molecule has 0 aliphatic heterocycles. The van der Waals surface area contributed by atoms with Crippen molar-refractivity contribution in [1.29, 1.82) is 0 Å². The molecule has 0 fully saturated rings. The summed E-state index contributed by atoms with van der Waals surface area (Å²) in [6.07, 6.45) is 3.08. The molecule has 0 amide bonds. The number of nitrogens with one attached hydrogen (secondary N) is 1. The Balaban J connectivity index is 2.00. The first-order valence-electron chi connectivity index (χ1n) is 10.6. The van der Waals surface area contributed by atoms with Crippen molar-refractivity contribution in [2.45, 2.75) is 47.1 Å². The van der Waals surface area contributed by atoms with E-state index in [2.05, 4.69) is 68.9 Å². The van der Waals surface area contributed by atoms with E-state index in [9.17, 15) is 0 Å². The molecule has 2 aromatic carbocycles. The van der Waals surface area contributed by atoms with Gasteiger partial charge in [-0.1, -0.05) is 13.8 Å². The molecule has 1 atom stereocenters. The Morgan fingerprint density at radius 1 is 1.03 bits per heavy atom. The fraction of sp³-hybridized carbons (Fsp3) is 0.400. The molecule has 0 aliphatic carbocycles. The summed E-state index contributed by atoms with van der Waals surface area (Å²) in [5.74, 6) is 0.874. The van der Waals surface area contributed by atoms with Crippen molar-refractivity contribution in [3.8, 4) is 5.75 Å². The van der Waals surface area contributed by atoms with Crippen LogP contribution in [0.5, 0.6) is 5.75 Å². The zero-order chi connectivity index (χ0) is 20.7. The van der Waals surface area contributed by atoms with Crippen LogP contribution in [0.2, 0.25) is 0 Å². The van der Waals surface area contributed by atoms with Crippen molar-refractivity contribution in [2.24, 2.45) is 0 Å². The maximum atomic E-state index is 5.49. The van der Waals surface area contributed by atoms with Crippen molar-refractivity contribution >= 4 is 32.6 Å². The number of ether oxygens (including phenoxy) is 1. The summed E-state index contributed by atoms with van der Waals surface area (Å²) in [6.45, 7) is 13.4. The third-order valence-electron chi connectivity index (χ3n) is 6.47. The van der Waals surface area contributed by atoms with Gasteiger partial charge in [-0.25, -0.2) is 4.98 Å². The molecule has 0 aliphatic rings. The van der Waals surface area contributed by atoms with Crippen LogP contribution in [0.4, 0.5) is 0 Å². The summed E-state index contributed by atoms with van der Waals surface area (Å²) in [6, 6.07) is 8.85. The third kappa shape index (κ3) is 3.16. The van der Waals surface area contributed by atoms with Gasteiger partial charge in [-0.15, -0.1) is 0 Å². The summed E-state index contributed by atoms with van der Waals surface area (Å²) in [5.41, 5.74) is 6.00. The second kappa shape index (κ2) is 7.68. The molecule has 2 aromatic heterocycles. The molecule has 0 bridgehead atoms. The predicted octanol–water partition coefficient (Wildman–Crippen LogP) is 5.77. The second-order valence-electron chi connectivity index (χ2n) is 7.99. The van der Waals surface area contributed by atoms with Gasteiger partial charge >= 0.3 is 0 Å². The second-order valence-corrected chi connectivity index (χ2v) is 7.99. The molecule has 4 aromatic rings. The Hall–Kier alpha value is -2.59. The maximum absolute atomic E-state index is 5.49. The molecule has 0 radical (unpaired) electrons. The van der Waals surface area contributed by atoms with Crippen LogP contribution in [0, 0.1) is 13.8 Å². The number of aryl methyl sites for hydroxylation is 2. The van der Waals surface area contributed by atoms with Crippen molar-refractivity contribution in [2.75, 3.05) is 20.2 Å². The number of pyridine rings is 1. The van der Waals surface area contributed by atoms with Crippen LogP contribution in [0.3, 0.4) is 0 Å². The van der Waals surface area contributed by atoms with Gasteiger partial charge in [0, 0.05) is 40.5 Å². The Labute approximate surface area is 172 Å². The minimum absolute atomic E-state index is 0.483. The van der Waals surface area contributed by atoms with Gasteiger partial charge in [-0.3, -0.25) is 0 Å². The zero-order valence-corrected chi connectivity index (χ0v) is 18.4. The monoisotopic (exact) mass is 389 g/mol. The molecule has 29 heavy (non-hydrogen) atoms. The Morgan fingerprint density at radius 3 is 2.48 bits per heavy atom. The van der Waals surface area contributed by atoms with Crippen molar-refractivity contribution < 1.29 is 4.74 Å². The number of hydrogen-bond acceptors (Lipinski definition) is 3. The fourth-order valence-electron chi connectivity index (χ4n) is 4.86. The van der Waals surface area contributed by atoms with Crippen molar-refractivity contribution in [3.05, 3.63) is 47.3 Å². The lowest BCUT2D eigenvalue weighted by molar-refractivity contribution is 0.229. The van der Waals surface area contributed by atoms with Gasteiger partial charge in [0.1, 0.15) is 5.75 Å². The van der Waals surface area contributed by atoms with E-state index in [0.29, 0.717) is 6.04 Å². The Bertz CT molecular complexity index is 1190. The highest BCUT2D eigenvalue weighted by Gasteiger charge is 2.19. The fourth-order valence-corrected chi connectivity index (χ4v) is 4.86. The molecule has 4 nitrogen and oxygen atoms in total. The van der Waals surface area contributed by atoms with E-state index in [1.807, 2.05) is 6.07 Å². The number of nitrogens with zero attached hydrogens (tertiary/aromatic N) is 2. The number of rotatable bonds is 6. The SMILES string of the molecule is CCN(CC)C(C)Cc1[nH]ccc2c(C)c3nc4ccc(OC)cc4c3c(C)c12. The summed E-state index contributed by atoms with van der Waals surface area (Å²) in [7, 11) is 1.72. The first kappa shape index (κ1) is 19.7. The van der Waals surface area contributed by atoms with Crippen LogP contribution >= 0.6 is 0 Å². The van der Waals surface area contributed by atoms with Gasteiger partial charge in [0.05, 0.1) is 18.1 Å². The molecule has 0 saturated carbocycles. The molecule has 0 spiro atoms. The largest absolute Gasteiger partial charge is 0.497 e. The van der Waals surface area contributed by atoms with E-state index in [-0.39, 0.29) is 0 Å². The van der Waals surface area contributed by atoms with Crippen LogP contribution in [-0.2, 0) is 6.42 Å². The number of aromatic nitrogens is 2. The minimum Gasteiger partial charge on any atom is -0.497 e. The normalized spacial score (nSPS) is 13.1. The molecule has 4 heteroatoms. The molecular weight excluding hydrogens is 358 g/mol. The summed E-state index contributed by atoms with van der Waals surface area (Å²) in [4.78, 5) is 11.1. The zero-order valence-electron chi connectivity index (χ0n) is 18.4. The number of fused-ring (bicyclic) bond motifs is 4. The molecule has 152 valence electrons. The lowest BCUT2D eigenvalue weighted by Crippen LogP contribution is -2.34. The molecule has 0 saturated heterocycles. The number of hydrogen-bond donors (Lipinski definition) is 1. The number of benzene rings is 2. The van der Waals surface area contributed by atoms with Crippen LogP contribution in [0.1, 0.15) is 37.6 Å². The minimum atomic E-state index is 0.483. The number of aromatic amines is 1. The van der Waals surface area contributed by atoms with Crippen molar-refractivity contribution in [3.63, 3.8) is 0 Å². The van der Waals surface area contributed by atoms with Crippen LogP contribution < -0.4 is 4.74 Å². The Morgan fingerprint density at radius 2 is 1.79 bits per heavy atom. The van der Waals surface area contributed by atoms with E-state index in [1.165, 1.54) is 38.4 Å². The topological polar surface area (TPSA) is 41.2 Å². The average molecular weight is 390 g/mol. The first-order chi connectivity index (χ1) is 14.0. The molecule has 2 heterocycles. The van der Waals surface area contributed by atoms with Crippen LogP contribution in [0.15, 0.2) is 30.5 Å². The van der Waals surface area contributed by atoms with E-state index in [4.69, 9.17) is 9.72 Å². The standard InChI is InChI=1S/C25H31N3O/c1-7-28(8-2)15(3)13-22-23-17(5)24-20-14-18(29-6)9-10-21(20)27-25(24)16(4)19(23)11-12-26-22/h9-12,14-15,26H,7-8,13H2,1-6H3. The number of methoxy groups -OCH3 is 1. The summed E-state index contributed by atoms with van der Waals surface area (Å²) in [5, 5.41) is 5.06. The van der Waals surface area contributed by atoms with Crippen molar-refractivity contribution in [1.82, 2.24) is 14.9 Å².